The zero-order valence-electron chi connectivity index (χ0n) is 10.6. The average molecular weight is 246 g/mol. The summed E-state index contributed by atoms with van der Waals surface area (Å²) in [5.74, 6) is 0. The van der Waals surface area contributed by atoms with Crippen LogP contribution in [0.2, 0.25) is 0 Å². The lowest BCUT2D eigenvalue weighted by atomic mass is 10.1. The Labute approximate surface area is 107 Å². The zero-order chi connectivity index (χ0) is 12.3. The van der Waals surface area contributed by atoms with Crippen LogP contribution in [0.4, 0.5) is 5.69 Å². The standard InChI is InChI=1S/C14H18N2S/c1-10-6-11(2)8-13(7-10)15-5-4-14-16-12(3)9-17-14/h6-9,15H,4-5H2,1-3H3. The van der Waals surface area contributed by atoms with Gasteiger partial charge in [-0.1, -0.05) is 6.07 Å². The highest BCUT2D eigenvalue weighted by atomic mass is 32.1. The fourth-order valence-corrected chi connectivity index (χ4v) is 2.68. The summed E-state index contributed by atoms with van der Waals surface area (Å²) >= 11 is 1.74. The minimum absolute atomic E-state index is 0.940. The molecule has 0 radical (unpaired) electrons. The molecule has 17 heavy (non-hydrogen) atoms. The van der Waals surface area contributed by atoms with Gasteiger partial charge >= 0.3 is 0 Å². The van der Waals surface area contributed by atoms with E-state index in [1.165, 1.54) is 21.8 Å². The summed E-state index contributed by atoms with van der Waals surface area (Å²) in [6.45, 7) is 7.23. The van der Waals surface area contributed by atoms with E-state index in [1.54, 1.807) is 11.3 Å². The summed E-state index contributed by atoms with van der Waals surface area (Å²) in [6.07, 6.45) is 0.992. The summed E-state index contributed by atoms with van der Waals surface area (Å²) in [6, 6.07) is 6.55. The average Bonchev–Trinajstić information content (AvgIpc) is 2.63. The molecule has 1 aromatic heterocycles. The van der Waals surface area contributed by atoms with Gasteiger partial charge in [-0.05, 0) is 44.0 Å². The largest absolute Gasteiger partial charge is 0.385 e. The van der Waals surface area contributed by atoms with Crippen molar-refractivity contribution >= 4 is 17.0 Å². The lowest BCUT2D eigenvalue weighted by Crippen LogP contribution is -2.05. The van der Waals surface area contributed by atoms with Gasteiger partial charge in [0.05, 0.1) is 5.01 Å². The Morgan fingerprint density at radius 1 is 1.12 bits per heavy atom. The highest BCUT2D eigenvalue weighted by Crippen LogP contribution is 2.14. The van der Waals surface area contributed by atoms with Crippen LogP contribution in [0.1, 0.15) is 21.8 Å². The van der Waals surface area contributed by atoms with Crippen LogP contribution in [-0.2, 0) is 6.42 Å². The Morgan fingerprint density at radius 2 is 1.82 bits per heavy atom. The second kappa shape index (κ2) is 5.32. The topological polar surface area (TPSA) is 24.9 Å². The quantitative estimate of drug-likeness (QED) is 0.889. The number of aromatic nitrogens is 1. The highest BCUT2D eigenvalue weighted by Gasteiger charge is 1.99. The molecule has 0 bridgehead atoms. The van der Waals surface area contributed by atoms with Gasteiger partial charge in [-0.25, -0.2) is 4.98 Å². The molecule has 1 aromatic carbocycles. The monoisotopic (exact) mass is 246 g/mol. The predicted molar refractivity (Wildman–Crippen MR) is 75.0 cm³/mol. The van der Waals surface area contributed by atoms with Crippen molar-refractivity contribution in [1.29, 1.82) is 0 Å². The number of nitrogens with one attached hydrogen (secondary N) is 1. The molecule has 0 aliphatic rings. The molecular weight excluding hydrogens is 228 g/mol. The van der Waals surface area contributed by atoms with E-state index in [-0.39, 0.29) is 0 Å². The van der Waals surface area contributed by atoms with E-state index < -0.39 is 0 Å². The molecule has 0 unspecified atom stereocenters. The van der Waals surface area contributed by atoms with Gasteiger partial charge in [0.2, 0.25) is 0 Å². The maximum absolute atomic E-state index is 4.46. The van der Waals surface area contributed by atoms with Crippen molar-refractivity contribution < 1.29 is 0 Å². The van der Waals surface area contributed by atoms with Crippen LogP contribution in [0.15, 0.2) is 23.6 Å². The molecule has 2 nitrogen and oxygen atoms in total. The molecule has 0 amide bonds. The SMILES string of the molecule is Cc1cc(C)cc(NCCc2nc(C)cs2)c1. The minimum atomic E-state index is 0.940. The first-order chi connectivity index (χ1) is 8.13. The first-order valence-corrected chi connectivity index (χ1v) is 6.74. The fraction of sp³-hybridized carbons (Fsp3) is 0.357. The first-order valence-electron chi connectivity index (χ1n) is 5.86. The van der Waals surface area contributed by atoms with Crippen LogP contribution < -0.4 is 5.32 Å². The first kappa shape index (κ1) is 12.1. The normalized spacial score (nSPS) is 10.5. The van der Waals surface area contributed by atoms with Crippen molar-refractivity contribution in [3.05, 3.63) is 45.4 Å². The van der Waals surface area contributed by atoms with Gasteiger partial charge in [-0.15, -0.1) is 11.3 Å². The molecule has 90 valence electrons. The van der Waals surface area contributed by atoms with Gasteiger partial charge < -0.3 is 5.32 Å². The molecule has 0 saturated carbocycles. The number of hydrogen-bond donors (Lipinski definition) is 1. The zero-order valence-corrected chi connectivity index (χ0v) is 11.4. The molecule has 0 fully saturated rings. The number of benzene rings is 1. The predicted octanol–water partition coefficient (Wildman–Crippen LogP) is 3.72. The minimum Gasteiger partial charge on any atom is -0.385 e. The smallest absolute Gasteiger partial charge is 0.0945 e. The Kier molecular flexibility index (Phi) is 3.79. The number of rotatable bonds is 4. The van der Waals surface area contributed by atoms with Crippen LogP contribution in [0.5, 0.6) is 0 Å². The van der Waals surface area contributed by atoms with Gasteiger partial charge in [-0.2, -0.15) is 0 Å². The van der Waals surface area contributed by atoms with Gasteiger partial charge in [0, 0.05) is 29.7 Å². The molecule has 0 spiro atoms. The summed E-state index contributed by atoms with van der Waals surface area (Å²) < 4.78 is 0. The fourth-order valence-electron chi connectivity index (χ4n) is 1.91. The Balaban J connectivity index is 1.89. The van der Waals surface area contributed by atoms with Gasteiger partial charge in [0.25, 0.3) is 0 Å². The molecule has 1 N–H and O–H groups in total. The van der Waals surface area contributed by atoms with Crippen molar-refractivity contribution in [3.63, 3.8) is 0 Å². The van der Waals surface area contributed by atoms with E-state index in [1.807, 2.05) is 6.92 Å². The van der Waals surface area contributed by atoms with Crippen LogP contribution in [0.25, 0.3) is 0 Å². The third-order valence-corrected chi connectivity index (χ3v) is 3.58. The van der Waals surface area contributed by atoms with Gasteiger partial charge in [0.15, 0.2) is 0 Å². The third-order valence-electron chi connectivity index (χ3n) is 2.56. The maximum atomic E-state index is 4.46. The molecule has 3 heteroatoms. The molecule has 2 aromatic rings. The summed E-state index contributed by atoms with van der Waals surface area (Å²) in [7, 11) is 0. The van der Waals surface area contributed by atoms with Crippen LogP contribution in [-0.4, -0.2) is 11.5 Å². The molecule has 0 atom stereocenters. The van der Waals surface area contributed by atoms with Crippen LogP contribution >= 0.6 is 11.3 Å². The Hall–Kier alpha value is -1.35. The second-order valence-corrected chi connectivity index (χ2v) is 5.38. The molecule has 1 heterocycles. The lowest BCUT2D eigenvalue weighted by molar-refractivity contribution is 0.986. The molecule has 0 aliphatic carbocycles. The third kappa shape index (κ3) is 3.56. The van der Waals surface area contributed by atoms with Gasteiger partial charge in [0.1, 0.15) is 0 Å². The summed E-state index contributed by atoms with van der Waals surface area (Å²) in [4.78, 5) is 4.46. The number of nitrogens with zero attached hydrogens (tertiary/aromatic N) is 1. The van der Waals surface area contributed by atoms with Crippen LogP contribution in [0, 0.1) is 20.8 Å². The number of thiazole rings is 1. The van der Waals surface area contributed by atoms with Crippen molar-refractivity contribution in [3.8, 4) is 0 Å². The summed E-state index contributed by atoms with van der Waals surface area (Å²) in [5, 5.41) is 6.76. The van der Waals surface area contributed by atoms with Crippen molar-refractivity contribution in [1.82, 2.24) is 4.98 Å². The Morgan fingerprint density at radius 3 is 2.41 bits per heavy atom. The number of aryl methyl sites for hydroxylation is 3. The van der Waals surface area contributed by atoms with Gasteiger partial charge in [-0.3, -0.25) is 0 Å². The number of hydrogen-bond acceptors (Lipinski definition) is 3. The number of anilines is 1. The lowest BCUT2D eigenvalue weighted by Gasteiger charge is -2.07. The summed E-state index contributed by atoms with van der Waals surface area (Å²) in [5.41, 5.74) is 4.93. The van der Waals surface area contributed by atoms with E-state index in [2.05, 4.69) is 47.7 Å². The molecule has 0 saturated heterocycles. The van der Waals surface area contributed by atoms with Crippen molar-refractivity contribution in [2.75, 3.05) is 11.9 Å². The van der Waals surface area contributed by atoms with E-state index in [9.17, 15) is 0 Å². The van der Waals surface area contributed by atoms with E-state index in [0.29, 0.717) is 0 Å². The molecular formula is C14H18N2S. The maximum Gasteiger partial charge on any atom is 0.0945 e. The van der Waals surface area contributed by atoms with Crippen molar-refractivity contribution in [2.45, 2.75) is 27.2 Å². The van der Waals surface area contributed by atoms with E-state index in [4.69, 9.17) is 0 Å². The van der Waals surface area contributed by atoms with E-state index in [0.717, 1.165) is 18.7 Å². The molecule has 2 rings (SSSR count). The Bertz CT molecular complexity index is 482. The van der Waals surface area contributed by atoms with E-state index >= 15 is 0 Å². The highest BCUT2D eigenvalue weighted by molar-refractivity contribution is 7.09. The second-order valence-electron chi connectivity index (χ2n) is 4.44. The van der Waals surface area contributed by atoms with Crippen LogP contribution in [0.3, 0.4) is 0 Å². The molecule has 0 aliphatic heterocycles. The van der Waals surface area contributed by atoms with Crippen molar-refractivity contribution in [2.24, 2.45) is 0 Å².